The second-order valence-corrected chi connectivity index (χ2v) is 5.63. The molecular formula is C16H23NO. The van der Waals surface area contributed by atoms with Gasteiger partial charge in [-0.2, -0.15) is 0 Å². The predicted molar refractivity (Wildman–Crippen MR) is 73.7 cm³/mol. The van der Waals surface area contributed by atoms with Crippen LogP contribution >= 0.6 is 0 Å². The van der Waals surface area contributed by atoms with E-state index in [0.29, 0.717) is 12.1 Å². The number of hydrogen-bond donors (Lipinski definition) is 1. The van der Waals surface area contributed by atoms with Crippen molar-refractivity contribution in [2.45, 2.75) is 57.3 Å². The molecule has 0 amide bonds. The van der Waals surface area contributed by atoms with E-state index in [2.05, 4.69) is 36.5 Å². The fourth-order valence-corrected chi connectivity index (χ4v) is 3.13. The van der Waals surface area contributed by atoms with E-state index in [-0.39, 0.29) is 6.10 Å². The van der Waals surface area contributed by atoms with Crippen LogP contribution in [0.25, 0.3) is 0 Å². The summed E-state index contributed by atoms with van der Waals surface area (Å²) in [6, 6.07) is 9.62. The van der Waals surface area contributed by atoms with Gasteiger partial charge in [0.15, 0.2) is 0 Å². The molecule has 0 aliphatic carbocycles. The average molecular weight is 245 g/mol. The molecule has 18 heavy (non-hydrogen) atoms. The molecule has 1 N–H and O–H groups in total. The van der Waals surface area contributed by atoms with Crippen LogP contribution in [0.4, 0.5) is 0 Å². The van der Waals surface area contributed by atoms with Crippen LogP contribution in [0.1, 0.15) is 49.8 Å². The molecule has 1 aromatic carbocycles. The minimum atomic E-state index is 0.286. The summed E-state index contributed by atoms with van der Waals surface area (Å²) in [4.78, 5) is 0. The number of aryl methyl sites for hydroxylation is 1. The van der Waals surface area contributed by atoms with Crippen LogP contribution in [0.3, 0.4) is 0 Å². The maximum Gasteiger partial charge on any atom is 0.0983 e. The molecule has 2 aliphatic rings. The molecule has 0 saturated carbocycles. The first-order valence-corrected chi connectivity index (χ1v) is 7.34. The monoisotopic (exact) mass is 245 g/mol. The molecule has 98 valence electrons. The topological polar surface area (TPSA) is 21.3 Å². The van der Waals surface area contributed by atoms with E-state index in [9.17, 15) is 0 Å². The van der Waals surface area contributed by atoms with Crippen molar-refractivity contribution in [2.24, 2.45) is 0 Å². The summed E-state index contributed by atoms with van der Waals surface area (Å²) in [6.07, 6.45) is 7.07. The van der Waals surface area contributed by atoms with Crippen LogP contribution in [-0.4, -0.2) is 18.7 Å². The molecular weight excluding hydrogens is 222 g/mol. The Bertz CT molecular complexity index is 387. The Hall–Kier alpha value is -0.860. The molecule has 1 aromatic rings. The lowest BCUT2D eigenvalue weighted by Crippen LogP contribution is -2.33. The van der Waals surface area contributed by atoms with Gasteiger partial charge in [-0.1, -0.05) is 44.0 Å². The zero-order valence-corrected chi connectivity index (χ0v) is 11.2. The standard InChI is InChI=1S/C16H23NO/c1-2-3-4-5-12-6-8-13(9-7-12)16-15-10-14(18-16)11-17-15/h6-9,14-17H,2-5,10-11H2,1H3/t14-,15-,16+/m0/s1. The smallest absolute Gasteiger partial charge is 0.0983 e. The number of morpholine rings is 1. The van der Waals surface area contributed by atoms with E-state index < -0.39 is 0 Å². The summed E-state index contributed by atoms with van der Waals surface area (Å²) >= 11 is 0. The van der Waals surface area contributed by atoms with Gasteiger partial charge in [-0.25, -0.2) is 0 Å². The Morgan fingerprint density at radius 1 is 1.22 bits per heavy atom. The maximum absolute atomic E-state index is 6.02. The van der Waals surface area contributed by atoms with E-state index in [1.807, 2.05) is 0 Å². The summed E-state index contributed by atoms with van der Waals surface area (Å²) in [5, 5.41) is 3.54. The van der Waals surface area contributed by atoms with Crippen LogP contribution in [0.5, 0.6) is 0 Å². The number of ether oxygens (including phenoxy) is 1. The molecule has 2 saturated heterocycles. The second kappa shape index (κ2) is 5.41. The molecule has 2 heteroatoms. The molecule has 2 nitrogen and oxygen atoms in total. The third kappa shape index (κ3) is 2.45. The number of unbranched alkanes of at least 4 members (excludes halogenated alkanes) is 2. The minimum absolute atomic E-state index is 0.286. The lowest BCUT2D eigenvalue weighted by molar-refractivity contribution is 0.0160. The van der Waals surface area contributed by atoms with Gasteiger partial charge in [0.25, 0.3) is 0 Å². The molecule has 0 unspecified atom stereocenters. The van der Waals surface area contributed by atoms with E-state index >= 15 is 0 Å². The first-order valence-electron chi connectivity index (χ1n) is 7.34. The molecule has 0 aromatic heterocycles. The van der Waals surface area contributed by atoms with Gasteiger partial charge in [-0.3, -0.25) is 0 Å². The van der Waals surface area contributed by atoms with Gasteiger partial charge in [0, 0.05) is 12.6 Å². The second-order valence-electron chi connectivity index (χ2n) is 5.63. The van der Waals surface area contributed by atoms with E-state index in [4.69, 9.17) is 4.74 Å². The summed E-state index contributed by atoms with van der Waals surface area (Å²) < 4.78 is 6.02. The van der Waals surface area contributed by atoms with Gasteiger partial charge in [0.2, 0.25) is 0 Å². The highest BCUT2D eigenvalue weighted by atomic mass is 16.5. The van der Waals surface area contributed by atoms with Crippen molar-refractivity contribution < 1.29 is 4.74 Å². The first-order chi connectivity index (χ1) is 8.86. The third-order valence-electron chi connectivity index (χ3n) is 4.21. The van der Waals surface area contributed by atoms with Crippen molar-refractivity contribution in [3.8, 4) is 0 Å². The van der Waals surface area contributed by atoms with Gasteiger partial charge in [0.1, 0.15) is 0 Å². The summed E-state index contributed by atoms with van der Waals surface area (Å²) in [5.74, 6) is 0. The Kier molecular flexibility index (Phi) is 3.67. The molecule has 3 atom stereocenters. The van der Waals surface area contributed by atoms with Crippen molar-refractivity contribution in [1.29, 1.82) is 0 Å². The van der Waals surface area contributed by atoms with Crippen molar-refractivity contribution in [3.05, 3.63) is 35.4 Å². The molecule has 2 heterocycles. The van der Waals surface area contributed by atoms with Crippen molar-refractivity contribution >= 4 is 0 Å². The van der Waals surface area contributed by atoms with E-state index in [1.54, 1.807) is 0 Å². The number of hydrogen-bond acceptors (Lipinski definition) is 2. The fourth-order valence-electron chi connectivity index (χ4n) is 3.13. The Morgan fingerprint density at radius 2 is 2.06 bits per heavy atom. The van der Waals surface area contributed by atoms with Crippen LogP contribution < -0.4 is 5.32 Å². The van der Waals surface area contributed by atoms with Gasteiger partial charge >= 0.3 is 0 Å². The van der Waals surface area contributed by atoms with Crippen molar-refractivity contribution in [1.82, 2.24) is 5.32 Å². The largest absolute Gasteiger partial charge is 0.367 e. The lowest BCUT2D eigenvalue weighted by atomic mass is 10.00. The normalized spacial score (nSPS) is 29.9. The zero-order valence-electron chi connectivity index (χ0n) is 11.2. The van der Waals surface area contributed by atoms with Gasteiger partial charge in [-0.15, -0.1) is 0 Å². The predicted octanol–water partition coefficient (Wildman–Crippen LogP) is 3.22. The van der Waals surface area contributed by atoms with Crippen LogP contribution in [0.2, 0.25) is 0 Å². The van der Waals surface area contributed by atoms with Crippen molar-refractivity contribution in [3.63, 3.8) is 0 Å². The van der Waals surface area contributed by atoms with Crippen molar-refractivity contribution in [2.75, 3.05) is 6.54 Å². The van der Waals surface area contributed by atoms with E-state index in [0.717, 1.165) is 6.54 Å². The average Bonchev–Trinajstić information content (AvgIpc) is 3.02. The minimum Gasteiger partial charge on any atom is -0.367 e. The Labute approximate surface area is 110 Å². The number of nitrogens with one attached hydrogen (secondary N) is 1. The number of fused-ring (bicyclic) bond motifs is 2. The highest BCUT2D eigenvalue weighted by molar-refractivity contribution is 5.26. The highest BCUT2D eigenvalue weighted by Crippen LogP contribution is 2.36. The van der Waals surface area contributed by atoms with Crippen LogP contribution in [0, 0.1) is 0 Å². The highest BCUT2D eigenvalue weighted by Gasteiger charge is 2.40. The van der Waals surface area contributed by atoms with Crippen LogP contribution in [0.15, 0.2) is 24.3 Å². The van der Waals surface area contributed by atoms with Gasteiger partial charge in [0.05, 0.1) is 12.2 Å². The Balaban J connectivity index is 1.61. The fraction of sp³-hybridized carbons (Fsp3) is 0.625. The number of benzene rings is 1. The number of rotatable bonds is 5. The molecule has 2 fully saturated rings. The third-order valence-corrected chi connectivity index (χ3v) is 4.21. The first kappa shape index (κ1) is 12.2. The lowest BCUT2D eigenvalue weighted by Gasteiger charge is -2.23. The summed E-state index contributed by atoms with van der Waals surface area (Å²) in [6.45, 7) is 3.29. The molecule has 3 rings (SSSR count). The van der Waals surface area contributed by atoms with E-state index in [1.165, 1.54) is 43.2 Å². The zero-order chi connectivity index (χ0) is 12.4. The molecule has 2 bridgehead atoms. The molecule has 0 radical (unpaired) electrons. The molecule has 2 aliphatic heterocycles. The maximum atomic E-state index is 6.02. The quantitative estimate of drug-likeness (QED) is 0.804. The van der Waals surface area contributed by atoms with Crippen LogP contribution in [-0.2, 0) is 11.2 Å². The van der Waals surface area contributed by atoms with Gasteiger partial charge in [-0.05, 0) is 30.4 Å². The summed E-state index contributed by atoms with van der Waals surface area (Å²) in [7, 11) is 0. The van der Waals surface area contributed by atoms with Gasteiger partial charge < -0.3 is 10.1 Å². The SMILES string of the molecule is CCCCCc1ccc([C@H]2O[C@@H]3CN[C@H]2C3)cc1. The Morgan fingerprint density at radius 3 is 2.67 bits per heavy atom. The summed E-state index contributed by atoms with van der Waals surface area (Å²) in [5.41, 5.74) is 2.80. The molecule has 0 spiro atoms.